The first-order valence-corrected chi connectivity index (χ1v) is 12.0. The van der Waals surface area contributed by atoms with Crippen molar-refractivity contribution in [1.82, 2.24) is 26.1 Å². The number of hydrogen-bond donors (Lipinski definition) is 3. The Hall–Kier alpha value is -3.53. The topological polar surface area (TPSA) is 72.0 Å². The molecule has 3 heterocycles. The smallest absolute Gasteiger partial charge is 0.352 e. The molecule has 5 rings (SSSR count). The minimum absolute atomic E-state index is 0.0238. The fraction of sp³-hybridized carbons (Fsp3) is 0.385. The van der Waals surface area contributed by atoms with Crippen LogP contribution in [0.15, 0.2) is 60.0 Å². The van der Waals surface area contributed by atoms with Crippen LogP contribution in [0.2, 0.25) is 0 Å². The lowest BCUT2D eigenvalue weighted by molar-refractivity contribution is -0.137. The Morgan fingerprint density at radius 3 is 2.61 bits per heavy atom. The van der Waals surface area contributed by atoms with E-state index in [1.807, 2.05) is 12.4 Å². The van der Waals surface area contributed by atoms with Gasteiger partial charge in [-0.25, -0.2) is 5.43 Å². The molecule has 36 heavy (non-hydrogen) atoms. The van der Waals surface area contributed by atoms with Crippen molar-refractivity contribution in [3.63, 3.8) is 0 Å². The van der Waals surface area contributed by atoms with Gasteiger partial charge in [0.2, 0.25) is 5.91 Å². The Morgan fingerprint density at radius 1 is 1.11 bits per heavy atom. The summed E-state index contributed by atoms with van der Waals surface area (Å²) in [5, 5.41) is 9.39. The third-order valence-corrected chi connectivity index (χ3v) is 7.10. The minimum atomic E-state index is -4.37. The van der Waals surface area contributed by atoms with Crippen LogP contribution in [-0.4, -0.2) is 33.9 Å². The molecule has 2 aromatic carbocycles. The number of alkyl halides is 3. The molecule has 0 aliphatic carbocycles. The van der Waals surface area contributed by atoms with Gasteiger partial charge in [0.15, 0.2) is 0 Å². The highest BCUT2D eigenvalue weighted by Crippen LogP contribution is 2.35. The second kappa shape index (κ2) is 9.50. The molecule has 10 heteroatoms. The molecule has 190 valence electrons. The van der Waals surface area contributed by atoms with Crippen LogP contribution in [0.25, 0.3) is 0 Å². The van der Waals surface area contributed by atoms with Crippen molar-refractivity contribution < 1.29 is 18.0 Å². The Kier molecular flexibility index (Phi) is 6.38. The van der Waals surface area contributed by atoms with E-state index in [9.17, 15) is 18.0 Å². The van der Waals surface area contributed by atoms with E-state index in [4.69, 9.17) is 0 Å². The largest absolute Gasteiger partial charge is 0.416 e. The first-order chi connectivity index (χ1) is 17.2. The Labute approximate surface area is 208 Å². The van der Waals surface area contributed by atoms with Crippen LogP contribution in [0.1, 0.15) is 53.1 Å². The molecule has 3 aliphatic heterocycles. The third-order valence-electron chi connectivity index (χ3n) is 7.10. The van der Waals surface area contributed by atoms with Crippen LogP contribution in [0.5, 0.6) is 0 Å². The van der Waals surface area contributed by atoms with E-state index in [0.29, 0.717) is 12.0 Å². The van der Waals surface area contributed by atoms with E-state index >= 15 is 0 Å². The number of carbonyl (C=O) groups excluding carboxylic acids is 1. The zero-order chi connectivity index (χ0) is 25.4. The number of hydrogen-bond acceptors (Lipinski definition) is 6. The fourth-order valence-electron chi connectivity index (χ4n) is 4.84. The number of nitrogens with one attached hydrogen (secondary N) is 3. The molecule has 3 unspecified atom stereocenters. The highest BCUT2D eigenvalue weighted by Gasteiger charge is 2.44. The summed E-state index contributed by atoms with van der Waals surface area (Å²) in [4.78, 5) is 14.5. The molecule has 0 saturated carbocycles. The molecule has 3 N–H and O–H groups in total. The molecule has 0 spiro atoms. The SMILES string of the molecule is Cc1ccc(C2CC3C4NN=C(CCC(=O)NCc5ccc(C(F)(F)F)cc5)N4C=CN3N2)cc1C. The van der Waals surface area contributed by atoms with Crippen molar-refractivity contribution in [3.05, 3.63) is 82.7 Å². The van der Waals surface area contributed by atoms with Crippen LogP contribution in [-0.2, 0) is 17.5 Å². The number of hydrazine groups is 1. The van der Waals surface area contributed by atoms with Crippen LogP contribution < -0.4 is 16.2 Å². The van der Waals surface area contributed by atoms with E-state index in [1.54, 1.807) is 0 Å². The highest BCUT2D eigenvalue weighted by atomic mass is 19.4. The molecule has 0 radical (unpaired) electrons. The quantitative estimate of drug-likeness (QED) is 0.560. The third kappa shape index (κ3) is 4.90. The molecular formula is C26H29F3N6O. The predicted octanol–water partition coefficient (Wildman–Crippen LogP) is 4.07. The van der Waals surface area contributed by atoms with E-state index in [1.165, 1.54) is 28.8 Å². The van der Waals surface area contributed by atoms with Gasteiger partial charge in [-0.3, -0.25) is 10.2 Å². The van der Waals surface area contributed by atoms with Gasteiger partial charge >= 0.3 is 6.18 Å². The van der Waals surface area contributed by atoms with Gasteiger partial charge in [-0.2, -0.15) is 18.3 Å². The van der Waals surface area contributed by atoms with Crippen LogP contribution in [0, 0.1) is 13.8 Å². The van der Waals surface area contributed by atoms with Crippen molar-refractivity contribution >= 4 is 11.7 Å². The predicted molar refractivity (Wildman–Crippen MR) is 130 cm³/mol. The average molecular weight is 499 g/mol. The molecule has 0 bridgehead atoms. The summed E-state index contributed by atoms with van der Waals surface area (Å²) in [6, 6.07) is 11.8. The maximum Gasteiger partial charge on any atom is 0.416 e. The maximum absolute atomic E-state index is 12.7. The molecule has 0 aromatic heterocycles. The van der Waals surface area contributed by atoms with E-state index < -0.39 is 11.7 Å². The second-order valence-corrected chi connectivity index (χ2v) is 9.51. The molecule has 2 aromatic rings. The normalized spacial score (nSPS) is 22.7. The summed E-state index contributed by atoms with van der Waals surface area (Å²) in [5.41, 5.74) is 10.5. The number of amidine groups is 1. The summed E-state index contributed by atoms with van der Waals surface area (Å²) >= 11 is 0. The Morgan fingerprint density at radius 2 is 1.89 bits per heavy atom. The molecule has 1 saturated heterocycles. The number of aryl methyl sites for hydroxylation is 2. The van der Waals surface area contributed by atoms with Gasteiger partial charge in [-0.05, 0) is 54.7 Å². The van der Waals surface area contributed by atoms with Crippen molar-refractivity contribution in [3.8, 4) is 0 Å². The number of rotatable bonds is 6. The number of fused-ring (bicyclic) bond motifs is 3. The van der Waals surface area contributed by atoms with Crippen LogP contribution in [0.3, 0.4) is 0 Å². The molecule has 3 atom stereocenters. The molecule has 1 fully saturated rings. The second-order valence-electron chi connectivity index (χ2n) is 9.51. The van der Waals surface area contributed by atoms with E-state index in [0.717, 1.165) is 24.4 Å². The first-order valence-electron chi connectivity index (χ1n) is 12.0. The first kappa shape index (κ1) is 24.2. The van der Waals surface area contributed by atoms with Gasteiger partial charge < -0.3 is 15.2 Å². The van der Waals surface area contributed by atoms with Gasteiger partial charge in [-0.1, -0.05) is 30.3 Å². The average Bonchev–Trinajstić information content (AvgIpc) is 3.47. The van der Waals surface area contributed by atoms with Crippen LogP contribution in [0.4, 0.5) is 13.2 Å². The van der Waals surface area contributed by atoms with E-state index in [2.05, 4.69) is 63.2 Å². The Balaban J connectivity index is 1.12. The lowest BCUT2D eigenvalue weighted by Gasteiger charge is -2.37. The molecule has 3 aliphatic rings. The highest BCUT2D eigenvalue weighted by molar-refractivity contribution is 5.89. The molecule has 7 nitrogen and oxygen atoms in total. The number of carbonyl (C=O) groups is 1. The number of benzene rings is 2. The fourth-order valence-corrected chi connectivity index (χ4v) is 4.84. The lowest BCUT2D eigenvalue weighted by atomic mass is 9.97. The van der Waals surface area contributed by atoms with Crippen molar-refractivity contribution in [2.45, 2.75) is 64.1 Å². The van der Waals surface area contributed by atoms with Crippen LogP contribution >= 0.6 is 0 Å². The summed E-state index contributed by atoms with van der Waals surface area (Å²) in [6.45, 7) is 4.42. The summed E-state index contributed by atoms with van der Waals surface area (Å²) in [5.74, 6) is 0.608. The van der Waals surface area contributed by atoms with Crippen molar-refractivity contribution in [2.24, 2.45) is 5.10 Å². The van der Waals surface area contributed by atoms with Gasteiger partial charge in [-0.15, -0.1) is 0 Å². The molecular weight excluding hydrogens is 469 g/mol. The van der Waals surface area contributed by atoms with Gasteiger partial charge in [0.1, 0.15) is 12.0 Å². The zero-order valence-electron chi connectivity index (χ0n) is 20.1. The Bertz CT molecular complexity index is 1190. The molecule has 1 amide bonds. The standard InChI is InChI=1S/C26H29F3N6O/c1-16-3-6-19(13-17(16)2)21-14-22-25-32-31-23(34(25)11-12-35(22)33-21)9-10-24(36)30-15-18-4-7-20(8-5-18)26(27,28)29/h3-8,11-13,21-22,25,32-33H,9-10,14-15H2,1-2H3,(H,30,36). The van der Waals surface area contributed by atoms with Gasteiger partial charge in [0.05, 0.1) is 17.6 Å². The summed E-state index contributed by atoms with van der Waals surface area (Å²) < 4.78 is 38.1. The number of nitrogens with zero attached hydrogens (tertiary/aromatic N) is 3. The number of hydrazone groups is 1. The summed E-state index contributed by atoms with van der Waals surface area (Å²) in [6.07, 6.45) is 1.18. The minimum Gasteiger partial charge on any atom is -0.352 e. The number of amides is 1. The maximum atomic E-state index is 12.7. The number of halogens is 3. The van der Waals surface area contributed by atoms with Crippen molar-refractivity contribution in [1.29, 1.82) is 0 Å². The van der Waals surface area contributed by atoms with Gasteiger partial charge in [0.25, 0.3) is 0 Å². The lowest BCUT2D eigenvalue weighted by Crippen LogP contribution is -2.54. The zero-order valence-corrected chi connectivity index (χ0v) is 20.1. The van der Waals surface area contributed by atoms with Crippen molar-refractivity contribution in [2.75, 3.05) is 0 Å². The monoisotopic (exact) mass is 498 g/mol. The van der Waals surface area contributed by atoms with E-state index in [-0.39, 0.29) is 37.1 Å². The van der Waals surface area contributed by atoms with Gasteiger partial charge in [0, 0.05) is 31.8 Å². The summed E-state index contributed by atoms with van der Waals surface area (Å²) in [7, 11) is 0.